The first-order chi connectivity index (χ1) is 7.96. The van der Waals surface area contributed by atoms with Gasteiger partial charge in [0.15, 0.2) is 0 Å². The highest BCUT2D eigenvalue weighted by molar-refractivity contribution is 5.77. The lowest BCUT2D eigenvalue weighted by atomic mass is 10.1. The summed E-state index contributed by atoms with van der Waals surface area (Å²) < 4.78 is 11.0. The van der Waals surface area contributed by atoms with Crippen molar-refractivity contribution < 1.29 is 14.3 Å². The maximum absolute atomic E-state index is 11.6. The zero-order chi connectivity index (χ0) is 12.9. The Morgan fingerprint density at radius 3 is 2.88 bits per heavy atom. The molecule has 1 aliphatic heterocycles. The Labute approximate surface area is 103 Å². The van der Waals surface area contributed by atoms with Crippen molar-refractivity contribution in [2.45, 2.75) is 32.5 Å². The molecule has 5 heteroatoms. The Hall–Kier alpha value is -0.650. The second-order valence-corrected chi connectivity index (χ2v) is 5.08. The number of nitrogens with one attached hydrogen (secondary N) is 1. The minimum absolute atomic E-state index is 0.0400. The largest absolute Gasteiger partial charge is 0.382 e. The van der Waals surface area contributed by atoms with Crippen LogP contribution in [0.1, 0.15) is 20.8 Å². The van der Waals surface area contributed by atoms with E-state index in [1.54, 1.807) is 7.11 Å². The van der Waals surface area contributed by atoms with Crippen molar-refractivity contribution in [1.82, 2.24) is 10.2 Å². The number of rotatable bonds is 5. The average molecular weight is 244 g/mol. The van der Waals surface area contributed by atoms with Gasteiger partial charge >= 0.3 is 0 Å². The number of methoxy groups -OCH3 is 1. The molecule has 0 aromatic rings. The highest BCUT2D eigenvalue weighted by Gasteiger charge is 2.33. The number of ether oxygens (including phenoxy) is 2. The van der Waals surface area contributed by atoms with Gasteiger partial charge in [-0.3, -0.25) is 9.69 Å². The molecule has 1 heterocycles. The van der Waals surface area contributed by atoms with E-state index in [1.807, 2.05) is 20.8 Å². The zero-order valence-electron chi connectivity index (χ0n) is 11.3. The molecule has 0 saturated carbocycles. The number of carbonyl (C=O) groups excluding carboxylic acids is 1. The van der Waals surface area contributed by atoms with Gasteiger partial charge in [0, 0.05) is 26.7 Å². The molecule has 1 N–H and O–H groups in total. The zero-order valence-corrected chi connectivity index (χ0v) is 11.3. The van der Waals surface area contributed by atoms with E-state index in [0.29, 0.717) is 19.7 Å². The highest BCUT2D eigenvalue weighted by Crippen LogP contribution is 2.20. The normalized spacial score (nSPS) is 24.6. The third-order valence-corrected chi connectivity index (χ3v) is 2.65. The van der Waals surface area contributed by atoms with Crippen molar-refractivity contribution in [2.24, 2.45) is 0 Å². The van der Waals surface area contributed by atoms with Crippen molar-refractivity contribution >= 4 is 5.91 Å². The van der Waals surface area contributed by atoms with Crippen molar-refractivity contribution in [3.63, 3.8) is 0 Å². The topological polar surface area (TPSA) is 50.8 Å². The van der Waals surface area contributed by atoms with E-state index < -0.39 is 0 Å². The summed E-state index contributed by atoms with van der Waals surface area (Å²) in [7, 11) is 1.67. The number of likely N-dealkylation sites (N-methyl/N-ethyl adjacent to an activating group) is 1. The first-order valence-electron chi connectivity index (χ1n) is 6.12. The van der Waals surface area contributed by atoms with Crippen LogP contribution in [-0.4, -0.2) is 62.4 Å². The molecule has 1 amide bonds. The summed E-state index contributed by atoms with van der Waals surface area (Å²) in [6.07, 6.45) is 0.0400. The minimum Gasteiger partial charge on any atom is -0.382 e. The van der Waals surface area contributed by atoms with E-state index >= 15 is 0 Å². The summed E-state index contributed by atoms with van der Waals surface area (Å²) in [5.41, 5.74) is -0.228. The molecule has 5 nitrogen and oxygen atoms in total. The van der Waals surface area contributed by atoms with Crippen molar-refractivity contribution in [3.8, 4) is 0 Å². The van der Waals surface area contributed by atoms with E-state index in [1.165, 1.54) is 0 Å². The molecule has 1 rings (SSSR count). The van der Waals surface area contributed by atoms with Gasteiger partial charge in [-0.2, -0.15) is 0 Å². The van der Waals surface area contributed by atoms with Crippen LogP contribution >= 0.6 is 0 Å². The highest BCUT2D eigenvalue weighted by atomic mass is 16.5. The van der Waals surface area contributed by atoms with Gasteiger partial charge in [0.1, 0.15) is 0 Å². The molecule has 0 radical (unpaired) electrons. The fourth-order valence-electron chi connectivity index (χ4n) is 2.27. The van der Waals surface area contributed by atoms with Gasteiger partial charge in [-0.25, -0.2) is 0 Å². The standard InChI is InChI=1S/C12H24N2O3/c1-5-13-11(15)7-14-6-10(8-16-4)17-12(2,3)9-14/h10H,5-9H2,1-4H3,(H,13,15)/t10-/m1/s1. The number of morpholine rings is 1. The second kappa shape index (κ2) is 6.33. The van der Waals surface area contributed by atoms with Gasteiger partial charge < -0.3 is 14.8 Å². The van der Waals surface area contributed by atoms with Gasteiger partial charge in [0.05, 0.1) is 24.9 Å². The fraction of sp³-hybridized carbons (Fsp3) is 0.917. The monoisotopic (exact) mass is 244 g/mol. The summed E-state index contributed by atoms with van der Waals surface area (Å²) in [6, 6.07) is 0. The van der Waals surface area contributed by atoms with Crippen molar-refractivity contribution in [1.29, 1.82) is 0 Å². The minimum atomic E-state index is -0.228. The summed E-state index contributed by atoms with van der Waals surface area (Å²) in [5.74, 6) is 0.0707. The van der Waals surface area contributed by atoms with Gasteiger partial charge in [0.25, 0.3) is 0 Å². The summed E-state index contributed by atoms with van der Waals surface area (Å²) in [5, 5.41) is 2.81. The van der Waals surface area contributed by atoms with E-state index in [0.717, 1.165) is 13.1 Å². The molecule has 0 bridgehead atoms. The number of nitrogens with zero attached hydrogens (tertiary/aromatic N) is 1. The van der Waals surface area contributed by atoms with E-state index in [2.05, 4.69) is 10.2 Å². The molecule has 1 atom stereocenters. The van der Waals surface area contributed by atoms with Gasteiger partial charge in [-0.15, -0.1) is 0 Å². The molecule has 100 valence electrons. The average Bonchev–Trinajstić information content (AvgIpc) is 2.15. The Morgan fingerprint density at radius 1 is 1.59 bits per heavy atom. The molecule has 0 aromatic heterocycles. The third-order valence-electron chi connectivity index (χ3n) is 2.65. The SMILES string of the molecule is CCNC(=O)CN1C[C@H](COC)OC(C)(C)C1. The maximum atomic E-state index is 11.6. The van der Waals surface area contributed by atoms with Gasteiger partial charge in [0.2, 0.25) is 5.91 Å². The number of hydrogen-bond acceptors (Lipinski definition) is 4. The van der Waals surface area contributed by atoms with Crippen LogP contribution in [-0.2, 0) is 14.3 Å². The molecule has 1 aliphatic rings. The number of hydrogen-bond donors (Lipinski definition) is 1. The second-order valence-electron chi connectivity index (χ2n) is 5.08. The smallest absolute Gasteiger partial charge is 0.234 e. The molecule has 1 fully saturated rings. The lowest BCUT2D eigenvalue weighted by molar-refractivity contribution is -0.155. The Morgan fingerprint density at radius 2 is 2.29 bits per heavy atom. The molecule has 17 heavy (non-hydrogen) atoms. The van der Waals surface area contributed by atoms with Gasteiger partial charge in [-0.1, -0.05) is 0 Å². The number of carbonyl (C=O) groups is 1. The Balaban J connectivity index is 2.51. The predicted molar refractivity (Wildman–Crippen MR) is 66.0 cm³/mol. The van der Waals surface area contributed by atoms with Crippen LogP contribution in [0.5, 0.6) is 0 Å². The maximum Gasteiger partial charge on any atom is 0.234 e. The van der Waals surface area contributed by atoms with Crippen molar-refractivity contribution in [2.75, 3.05) is 39.9 Å². The first-order valence-corrected chi connectivity index (χ1v) is 6.12. The van der Waals surface area contributed by atoms with Crippen molar-refractivity contribution in [3.05, 3.63) is 0 Å². The molecular formula is C12H24N2O3. The lowest BCUT2D eigenvalue weighted by Gasteiger charge is -2.42. The predicted octanol–water partition coefficient (Wildman–Crippen LogP) is 0.248. The number of amides is 1. The molecule has 0 aliphatic carbocycles. The van der Waals surface area contributed by atoms with Gasteiger partial charge in [-0.05, 0) is 20.8 Å². The molecule has 0 aromatic carbocycles. The summed E-state index contributed by atoms with van der Waals surface area (Å²) >= 11 is 0. The summed E-state index contributed by atoms with van der Waals surface area (Å²) in [4.78, 5) is 13.7. The van der Waals surface area contributed by atoms with Crippen LogP contribution in [0.3, 0.4) is 0 Å². The molecular weight excluding hydrogens is 220 g/mol. The van der Waals surface area contributed by atoms with E-state index in [4.69, 9.17) is 9.47 Å². The van der Waals surface area contributed by atoms with Crippen LogP contribution in [0.2, 0.25) is 0 Å². The van der Waals surface area contributed by atoms with E-state index in [-0.39, 0.29) is 17.6 Å². The lowest BCUT2D eigenvalue weighted by Crippen LogP contribution is -2.55. The molecule has 0 spiro atoms. The van der Waals surface area contributed by atoms with Crippen LogP contribution in [0.25, 0.3) is 0 Å². The van der Waals surface area contributed by atoms with Crippen LogP contribution in [0, 0.1) is 0 Å². The molecule has 1 saturated heterocycles. The van der Waals surface area contributed by atoms with Crippen LogP contribution in [0.4, 0.5) is 0 Å². The fourth-order valence-corrected chi connectivity index (χ4v) is 2.27. The quantitative estimate of drug-likeness (QED) is 0.753. The Bertz CT molecular complexity index is 256. The summed E-state index contributed by atoms with van der Waals surface area (Å²) in [6.45, 7) is 9.19. The molecule has 0 unspecified atom stereocenters. The third kappa shape index (κ3) is 5.02. The Kier molecular flexibility index (Phi) is 5.36. The van der Waals surface area contributed by atoms with E-state index in [9.17, 15) is 4.79 Å². The van der Waals surface area contributed by atoms with Crippen LogP contribution < -0.4 is 5.32 Å². The first kappa shape index (κ1) is 14.4. The van der Waals surface area contributed by atoms with Crippen LogP contribution in [0.15, 0.2) is 0 Å².